The van der Waals surface area contributed by atoms with E-state index < -0.39 is 0 Å². The van der Waals surface area contributed by atoms with E-state index in [1.165, 1.54) is 22.3 Å². The van der Waals surface area contributed by atoms with Gasteiger partial charge in [0.25, 0.3) is 0 Å². The maximum absolute atomic E-state index is 5.61. The molecule has 0 unspecified atom stereocenters. The van der Waals surface area contributed by atoms with Crippen LogP contribution in [0.25, 0.3) is 10.6 Å². The number of hydrogen-bond acceptors (Lipinski definition) is 4. The highest BCUT2D eigenvalue weighted by molar-refractivity contribution is 7.14. The molecule has 0 aliphatic carbocycles. The van der Waals surface area contributed by atoms with Crippen LogP contribution in [0.3, 0.4) is 0 Å². The summed E-state index contributed by atoms with van der Waals surface area (Å²) in [5.74, 6) is 0. The maximum Gasteiger partial charge on any atom is 0.148 e. The highest BCUT2D eigenvalue weighted by atomic mass is 32.1. The van der Waals surface area contributed by atoms with Crippen LogP contribution in [-0.4, -0.2) is 10.2 Å². The molecule has 2 rings (SSSR count). The van der Waals surface area contributed by atoms with Gasteiger partial charge in [-0.3, -0.25) is 0 Å². The fourth-order valence-corrected chi connectivity index (χ4v) is 3.06. The number of nitrogens with two attached hydrogens (primary N) is 1. The van der Waals surface area contributed by atoms with Crippen molar-refractivity contribution in [2.24, 2.45) is 5.73 Å². The zero-order valence-corrected chi connectivity index (χ0v) is 13.1. The fraction of sp³-hybridized carbons (Fsp3) is 0.467. The Morgan fingerprint density at radius 1 is 1.11 bits per heavy atom. The summed E-state index contributed by atoms with van der Waals surface area (Å²) in [6.45, 7) is 11.4. The van der Waals surface area contributed by atoms with Crippen LogP contribution in [0.1, 0.15) is 42.5 Å². The Morgan fingerprint density at radius 3 is 2.11 bits per heavy atom. The lowest BCUT2D eigenvalue weighted by Gasteiger charge is -2.21. The van der Waals surface area contributed by atoms with Crippen LogP contribution in [0.5, 0.6) is 0 Å². The van der Waals surface area contributed by atoms with Gasteiger partial charge in [-0.05, 0) is 36.0 Å². The average Bonchev–Trinajstić information content (AvgIpc) is 2.75. The van der Waals surface area contributed by atoms with Crippen LogP contribution in [0.2, 0.25) is 0 Å². The molecule has 102 valence electrons. The lowest BCUT2D eigenvalue weighted by molar-refractivity contribution is 0.589. The second kappa shape index (κ2) is 5.02. The summed E-state index contributed by atoms with van der Waals surface area (Å²) in [5.41, 5.74) is 10.8. The third kappa shape index (κ3) is 2.85. The van der Waals surface area contributed by atoms with Crippen molar-refractivity contribution in [3.05, 3.63) is 33.8 Å². The van der Waals surface area contributed by atoms with Crippen molar-refractivity contribution in [3.63, 3.8) is 0 Å². The number of hydrogen-bond donors (Lipinski definition) is 1. The van der Waals surface area contributed by atoms with Gasteiger partial charge in [-0.1, -0.05) is 44.2 Å². The lowest BCUT2D eigenvalue weighted by Crippen LogP contribution is -2.12. The van der Waals surface area contributed by atoms with Crippen molar-refractivity contribution in [1.29, 1.82) is 0 Å². The molecule has 1 heterocycles. The summed E-state index contributed by atoms with van der Waals surface area (Å²) < 4.78 is 0. The monoisotopic (exact) mass is 275 g/mol. The van der Waals surface area contributed by atoms with Gasteiger partial charge in [0, 0.05) is 12.1 Å². The van der Waals surface area contributed by atoms with Crippen molar-refractivity contribution in [3.8, 4) is 10.6 Å². The maximum atomic E-state index is 5.61. The van der Waals surface area contributed by atoms with Crippen LogP contribution in [-0.2, 0) is 12.0 Å². The van der Waals surface area contributed by atoms with Crippen molar-refractivity contribution < 1.29 is 0 Å². The normalized spacial score (nSPS) is 11.9. The van der Waals surface area contributed by atoms with Crippen LogP contribution >= 0.6 is 11.3 Å². The van der Waals surface area contributed by atoms with E-state index in [0.717, 1.165) is 10.0 Å². The minimum absolute atomic E-state index is 0.164. The number of rotatable bonds is 2. The summed E-state index contributed by atoms with van der Waals surface area (Å²) in [6, 6.07) is 4.51. The molecule has 4 heteroatoms. The molecule has 0 aliphatic rings. The van der Waals surface area contributed by atoms with Crippen LogP contribution in [0.4, 0.5) is 0 Å². The molecule has 0 radical (unpaired) electrons. The summed E-state index contributed by atoms with van der Waals surface area (Å²) in [7, 11) is 0. The topological polar surface area (TPSA) is 51.8 Å². The predicted octanol–water partition coefficient (Wildman–Crippen LogP) is 3.58. The van der Waals surface area contributed by atoms with Gasteiger partial charge in [-0.15, -0.1) is 10.2 Å². The van der Waals surface area contributed by atoms with Gasteiger partial charge in [0.2, 0.25) is 0 Å². The van der Waals surface area contributed by atoms with E-state index in [1.54, 1.807) is 11.3 Å². The lowest BCUT2D eigenvalue weighted by atomic mass is 9.84. The third-order valence-corrected chi connectivity index (χ3v) is 4.22. The van der Waals surface area contributed by atoms with Crippen LogP contribution < -0.4 is 5.73 Å². The highest BCUT2D eigenvalue weighted by Crippen LogP contribution is 2.33. The Morgan fingerprint density at radius 2 is 1.68 bits per heavy atom. The van der Waals surface area contributed by atoms with Gasteiger partial charge in [-0.2, -0.15) is 0 Å². The molecular formula is C15H21N3S. The Kier molecular flexibility index (Phi) is 3.74. The fourth-order valence-electron chi connectivity index (χ4n) is 2.17. The second-order valence-corrected chi connectivity index (χ2v) is 7.00. The zero-order valence-electron chi connectivity index (χ0n) is 12.2. The molecule has 0 saturated heterocycles. The standard InChI is InChI=1S/C15H21N3S/c1-9-6-11(15(3,4)5)7-10(2)13(9)14-18-17-12(8-16)19-14/h6-7H,8,16H2,1-5H3. The molecule has 0 fully saturated rings. The minimum Gasteiger partial charge on any atom is -0.324 e. The van der Waals surface area contributed by atoms with Gasteiger partial charge >= 0.3 is 0 Å². The first-order chi connectivity index (χ1) is 8.82. The first-order valence-electron chi connectivity index (χ1n) is 6.47. The molecule has 3 nitrogen and oxygen atoms in total. The molecule has 0 aliphatic heterocycles. The SMILES string of the molecule is Cc1cc(C(C)(C)C)cc(C)c1-c1nnc(CN)s1. The highest BCUT2D eigenvalue weighted by Gasteiger charge is 2.18. The van der Waals surface area contributed by atoms with Gasteiger partial charge in [0.1, 0.15) is 10.0 Å². The van der Waals surface area contributed by atoms with Crippen LogP contribution in [0, 0.1) is 13.8 Å². The number of aryl methyl sites for hydroxylation is 2. The first kappa shape index (κ1) is 14.2. The molecule has 2 N–H and O–H groups in total. The largest absolute Gasteiger partial charge is 0.324 e. The molecule has 19 heavy (non-hydrogen) atoms. The Bertz CT molecular complexity index is 571. The van der Waals surface area contributed by atoms with Crippen molar-refractivity contribution in [1.82, 2.24) is 10.2 Å². The van der Waals surface area contributed by atoms with E-state index in [4.69, 9.17) is 5.73 Å². The minimum atomic E-state index is 0.164. The summed E-state index contributed by atoms with van der Waals surface area (Å²) in [6.07, 6.45) is 0. The number of aromatic nitrogens is 2. The summed E-state index contributed by atoms with van der Waals surface area (Å²) in [5, 5.41) is 10.2. The van der Waals surface area contributed by atoms with Crippen LogP contribution in [0.15, 0.2) is 12.1 Å². The molecule has 0 saturated carbocycles. The van der Waals surface area contributed by atoms with E-state index in [0.29, 0.717) is 6.54 Å². The smallest absolute Gasteiger partial charge is 0.148 e. The second-order valence-electron chi connectivity index (χ2n) is 5.94. The molecule has 2 aromatic rings. The van der Waals surface area contributed by atoms with Gasteiger partial charge in [-0.25, -0.2) is 0 Å². The Labute approximate surface area is 118 Å². The molecule has 0 spiro atoms. The van der Waals surface area contributed by atoms with E-state index in [-0.39, 0.29) is 5.41 Å². The van der Waals surface area contributed by atoms with Crippen molar-refractivity contribution in [2.75, 3.05) is 0 Å². The zero-order chi connectivity index (χ0) is 14.2. The molecule has 1 aromatic carbocycles. The van der Waals surface area contributed by atoms with E-state index >= 15 is 0 Å². The Balaban J connectivity index is 2.53. The van der Waals surface area contributed by atoms with E-state index in [2.05, 4.69) is 56.9 Å². The summed E-state index contributed by atoms with van der Waals surface area (Å²) >= 11 is 1.58. The van der Waals surface area contributed by atoms with Gasteiger partial charge < -0.3 is 5.73 Å². The van der Waals surface area contributed by atoms with Gasteiger partial charge in [0.05, 0.1) is 0 Å². The third-order valence-electron chi connectivity index (χ3n) is 3.25. The number of nitrogens with zero attached hydrogens (tertiary/aromatic N) is 2. The van der Waals surface area contributed by atoms with Crippen molar-refractivity contribution in [2.45, 2.75) is 46.6 Å². The first-order valence-corrected chi connectivity index (χ1v) is 7.29. The number of benzene rings is 1. The van der Waals surface area contributed by atoms with Gasteiger partial charge in [0.15, 0.2) is 0 Å². The molecule has 1 aromatic heterocycles. The molecule has 0 bridgehead atoms. The quantitative estimate of drug-likeness (QED) is 0.911. The summed E-state index contributed by atoms with van der Waals surface area (Å²) in [4.78, 5) is 0. The molecule has 0 atom stereocenters. The van der Waals surface area contributed by atoms with E-state index in [1.807, 2.05) is 0 Å². The molecular weight excluding hydrogens is 254 g/mol. The Hall–Kier alpha value is -1.26. The predicted molar refractivity (Wildman–Crippen MR) is 81.4 cm³/mol. The molecule has 0 amide bonds. The van der Waals surface area contributed by atoms with Crippen molar-refractivity contribution >= 4 is 11.3 Å². The average molecular weight is 275 g/mol. The van der Waals surface area contributed by atoms with E-state index in [9.17, 15) is 0 Å².